The van der Waals surface area contributed by atoms with E-state index in [1.807, 2.05) is 19.9 Å². The van der Waals surface area contributed by atoms with Gasteiger partial charge in [0.2, 0.25) is 0 Å². The summed E-state index contributed by atoms with van der Waals surface area (Å²) < 4.78 is 0. The monoisotopic (exact) mass is 267 g/mol. The molecule has 1 aromatic rings. The summed E-state index contributed by atoms with van der Waals surface area (Å²) in [6.07, 6.45) is 1.20. The van der Waals surface area contributed by atoms with Gasteiger partial charge in [-0.15, -0.1) is 0 Å². The van der Waals surface area contributed by atoms with Gasteiger partial charge in [-0.05, 0) is 32.4 Å². The predicted molar refractivity (Wildman–Crippen MR) is 79.1 cm³/mol. The molecular weight excluding hydrogens is 242 g/mol. The Morgan fingerprint density at radius 3 is 2.33 bits per heavy atom. The van der Waals surface area contributed by atoms with Crippen LogP contribution in [0.4, 0.5) is 0 Å². The van der Waals surface area contributed by atoms with Crippen molar-refractivity contribution in [2.45, 2.75) is 52.2 Å². The highest BCUT2D eigenvalue weighted by Gasteiger charge is 2.15. The number of hydrogen-bond donors (Lipinski definition) is 1. The lowest BCUT2D eigenvalue weighted by atomic mass is 10.0. The molecule has 1 heterocycles. The molecule has 3 nitrogen and oxygen atoms in total. The third kappa shape index (κ3) is 4.94. The molecular formula is C14H25N3S. The lowest BCUT2D eigenvalue weighted by Crippen LogP contribution is -2.36. The van der Waals surface area contributed by atoms with Crippen LogP contribution in [0.3, 0.4) is 0 Å². The van der Waals surface area contributed by atoms with Crippen LogP contribution in [-0.4, -0.2) is 28.3 Å². The number of thioether (sulfide) groups is 1. The number of aryl methyl sites for hydroxylation is 2. The summed E-state index contributed by atoms with van der Waals surface area (Å²) in [5, 5.41) is 4.46. The summed E-state index contributed by atoms with van der Waals surface area (Å²) in [7, 11) is 0. The molecule has 1 aromatic heterocycles. The third-order valence-corrected chi connectivity index (χ3v) is 4.12. The summed E-state index contributed by atoms with van der Waals surface area (Å²) in [6.45, 7) is 11.8. The second-order valence-corrected chi connectivity index (χ2v) is 5.78. The smallest absolute Gasteiger partial charge is 0.188 e. The van der Waals surface area contributed by atoms with E-state index in [1.54, 1.807) is 11.8 Å². The average molecular weight is 267 g/mol. The van der Waals surface area contributed by atoms with E-state index in [1.165, 1.54) is 6.42 Å². The van der Waals surface area contributed by atoms with Gasteiger partial charge in [-0.25, -0.2) is 9.97 Å². The van der Waals surface area contributed by atoms with E-state index in [2.05, 4.69) is 36.1 Å². The maximum Gasteiger partial charge on any atom is 0.188 e. The maximum atomic E-state index is 4.48. The van der Waals surface area contributed by atoms with Crippen molar-refractivity contribution in [1.82, 2.24) is 15.3 Å². The van der Waals surface area contributed by atoms with Gasteiger partial charge >= 0.3 is 0 Å². The minimum absolute atomic E-state index is 0.536. The molecule has 0 aromatic carbocycles. The zero-order valence-corrected chi connectivity index (χ0v) is 13.0. The molecule has 1 N–H and O–H groups in total. The zero-order chi connectivity index (χ0) is 13.5. The topological polar surface area (TPSA) is 37.8 Å². The summed E-state index contributed by atoms with van der Waals surface area (Å²) >= 11 is 1.76. The fourth-order valence-corrected chi connectivity index (χ4v) is 3.09. The third-order valence-electron chi connectivity index (χ3n) is 3.15. The molecule has 0 fully saturated rings. The highest BCUT2D eigenvalue weighted by molar-refractivity contribution is 7.99. The summed E-state index contributed by atoms with van der Waals surface area (Å²) in [6, 6.07) is 2.55. The van der Waals surface area contributed by atoms with Crippen molar-refractivity contribution in [2.75, 3.05) is 12.3 Å². The van der Waals surface area contributed by atoms with E-state index < -0.39 is 0 Å². The molecule has 1 rings (SSSR count). The van der Waals surface area contributed by atoms with Gasteiger partial charge in [-0.2, -0.15) is 0 Å². The van der Waals surface area contributed by atoms with Gasteiger partial charge in [-0.3, -0.25) is 0 Å². The van der Waals surface area contributed by atoms with E-state index in [4.69, 9.17) is 0 Å². The molecule has 0 spiro atoms. The quantitative estimate of drug-likeness (QED) is 0.608. The van der Waals surface area contributed by atoms with E-state index in [9.17, 15) is 0 Å². The Bertz CT molecular complexity index is 348. The zero-order valence-electron chi connectivity index (χ0n) is 12.2. The van der Waals surface area contributed by atoms with Gasteiger partial charge in [0.1, 0.15) is 0 Å². The molecule has 0 saturated carbocycles. The SMILES string of the molecule is CCNC(CSc1nc(C)cc(C)n1)C(C)CC. The first-order valence-corrected chi connectivity index (χ1v) is 7.73. The molecule has 0 radical (unpaired) electrons. The van der Waals surface area contributed by atoms with Crippen molar-refractivity contribution >= 4 is 11.8 Å². The molecule has 0 aliphatic rings. The Balaban J connectivity index is 2.60. The van der Waals surface area contributed by atoms with Gasteiger partial charge in [0.25, 0.3) is 0 Å². The van der Waals surface area contributed by atoms with Crippen LogP contribution >= 0.6 is 11.8 Å². The van der Waals surface area contributed by atoms with Crippen molar-refractivity contribution in [3.63, 3.8) is 0 Å². The Kier molecular flexibility index (Phi) is 6.65. The average Bonchev–Trinajstić information content (AvgIpc) is 2.32. The fourth-order valence-electron chi connectivity index (χ4n) is 1.89. The van der Waals surface area contributed by atoms with E-state index >= 15 is 0 Å². The molecule has 0 aliphatic carbocycles. The molecule has 0 bridgehead atoms. The maximum absolute atomic E-state index is 4.48. The summed E-state index contributed by atoms with van der Waals surface area (Å²) in [5.74, 6) is 1.72. The van der Waals surface area contributed by atoms with Crippen molar-refractivity contribution in [2.24, 2.45) is 5.92 Å². The minimum Gasteiger partial charge on any atom is -0.313 e. The first kappa shape index (κ1) is 15.4. The van der Waals surface area contributed by atoms with Crippen LogP contribution in [0.2, 0.25) is 0 Å². The van der Waals surface area contributed by atoms with E-state index in [-0.39, 0.29) is 0 Å². The molecule has 102 valence electrons. The molecule has 2 unspecified atom stereocenters. The molecule has 0 aliphatic heterocycles. The highest BCUT2D eigenvalue weighted by atomic mass is 32.2. The Morgan fingerprint density at radius 1 is 1.22 bits per heavy atom. The first-order chi connectivity index (χ1) is 8.56. The normalized spacial score (nSPS) is 14.5. The number of nitrogens with zero attached hydrogens (tertiary/aromatic N) is 2. The minimum atomic E-state index is 0.536. The predicted octanol–water partition coefficient (Wildman–Crippen LogP) is 3.21. The van der Waals surface area contributed by atoms with Crippen LogP contribution in [-0.2, 0) is 0 Å². The Labute approximate surface area is 115 Å². The largest absolute Gasteiger partial charge is 0.313 e. The van der Waals surface area contributed by atoms with Crippen molar-refractivity contribution < 1.29 is 0 Å². The number of nitrogens with one attached hydrogen (secondary N) is 1. The van der Waals surface area contributed by atoms with E-state index in [0.717, 1.165) is 28.8 Å². The Morgan fingerprint density at radius 2 is 1.83 bits per heavy atom. The van der Waals surface area contributed by atoms with Crippen LogP contribution in [0.5, 0.6) is 0 Å². The molecule has 18 heavy (non-hydrogen) atoms. The Hall–Kier alpha value is -0.610. The number of rotatable bonds is 7. The highest BCUT2D eigenvalue weighted by Crippen LogP contribution is 2.19. The van der Waals surface area contributed by atoms with Crippen LogP contribution in [0.15, 0.2) is 11.2 Å². The van der Waals surface area contributed by atoms with Crippen molar-refractivity contribution in [3.8, 4) is 0 Å². The summed E-state index contributed by atoms with van der Waals surface area (Å²) in [5.41, 5.74) is 2.10. The van der Waals surface area contributed by atoms with E-state index in [0.29, 0.717) is 12.0 Å². The first-order valence-electron chi connectivity index (χ1n) is 6.75. The van der Waals surface area contributed by atoms with Crippen molar-refractivity contribution in [1.29, 1.82) is 0 Å². The van der Waals surface area contributed by atoms with Crippen LogP contribution in [0.25, 0.3) is 0 Å². The van der Waals surface area contributed by atoms with Gasteiger partial charge in [-0.1, -0.05) is 39.0 Å². The molecule has 0 amide bonds. The number of hydrogen-bond acceptors (Lipinski definition) is 4. The van der Waals surface area contributed by atoms with Gasteiger partial charge in [0.05, 0.1) is 0 Å². The lowest BCUT2D eigenvalue weighted by molar-refractivity contribution is 0.403. The van der Waals surface area contributed by atoms with Crippen LogP contribution < -0.4 is 5.32 Å². The van der Waals surface area contributed by atoms with Gasteiger partial charge in [0.15, 0.2) is 5.16 Å². The standard InChI is InChI=1S/C14H25N3S/c1-6-10(3)13(15-7-2)9-18-14-16-11(4)8-12(5)17-14/h8,10,13,15H,6-7,9H2,1-5H3. The fraction of sp³-hybridized carbons (Fsp3) is 0.714. The van der Waals surface area contributed by atoms with Crippen LogP contribution in [0, 0.1) is 19.8 Å². The molecule has 0 saturated heterocycles. The molecule has 4 heteroatoms. The van der Waals surface area contributed by atoms with Gasteiger partial charge < -0.3 is 5.32 Å². The van der Waals surface area contributed by atoms with Crippen LogP contribution in [0.1, 0.15) is 38.6 Å². The number of aromatic nitrogens is 2. The second-order valence-electron chi connectivity index (χ2n) is 4.79. The molecule has 2 atom stereocenters. The van der Waals surface area contributed by atoms with Gasteiger partial charge in [0, 0.05) is 23.2 Å². The summed E-state index contributed by atoms with van der Waals surface area (Å²) in [4.78, 5) is 8.95. The second kappa shape index (κ2) is 7.74. The van der Waals surface area contributed by atoms with Crippen molar-refractivity contribution in [3.05, 3.63) is 17.5 Å². The lowest BCUT2D eigenvalue weighted by Gasteiger charge is -2.23.